The number of amides is 2. The molecule has 234 valence electrons. The number of rotatable bonds is 7. The summed E-state index contributed by atoms with van der Waals surface area (Å²) in [6.45, 7) is 9.01. The van der Waals surface area contributed by atoms with E-state index in [9.17, 15) is 14.0 Å². The Hall–Kier alpha value is -3.99. The predicted octanol–water partition coefficient (Wildman–Crippen LogP) is 6.25. The average Bonchev–Trinajstić information content (AvgIpc) is 3.70. The Bertz CT molecular complexity index is 1670. The molecule has 2 aliphatic heterocycles. The summed E-state index contributed by atoms with van der Waals surface area (Å²) in [7, 11) is 0. The number of ether oxygens (including phenoxy) is 1. The summed E-state index contributed by atoms with van der Waals surface area (Å²) in [5.41, 5.74) is 3.09. The summed E-state index contributed by atoms with van der Waals surface area (Å²) >= 11 is 0. The van der Waals surface area contributed by atoms with Gasteiger partial charge >= 0.3 is 6.09 Å². The number of aromatic nitrogens is 3. The Balaban J connectivity index is 1.12. The number of piperidine rings is 1. The predicted molar refractivity (Wildman–Crippen MR) is 165 cm³/mol. The Morgan fingerprint density at radius 1 is 1.09 bits per heavy atom. The quantitative estimate of drug-likeness (QED) is 0.243. The van der Waals surface area contributed by atoms with Crippen molar-refractivity contribution in [1.29, 1.82) is 0 Å². The van der Waals surface area contributed by atoms with Crippen LogP contribution in [0, 0.1) is 5.82 Å². The highest BCUT2D eigenvalue weighted by molar-refractivity contribution is 5.98. The van der Waals surface area contributed by atoms with E-state index in [0.29, 0.717) is 54.0 Å². The van der Waals surface area contributed by atoms with Gasteiger partial charge < -0.3 is 24.8 Å². The molecule has 0 radical (unpaired) electrons. The third-order valence-corrected chi connectivity index (χ3v) is 8.46. The van der Waals surface area contributed by atoms with Gasteiger partial charge in [-0.2, -0.15) is 0 Å². The second-order valence-electron chi connectivity index (χ2n) is 12.9. The lowest BCUT2D eigenvalue weighted by Crippen LogP contribution is -2.36. The first-order valence-corrected chi connectivity index (χ1v) is 15.5. The molecule has 4 heterocycles. The summed E-state index contributed by atoms with van der Waals surface area (Å²) in [5, 5.41) is 2.97. The molecule has 2 N–H and O–H groups in total. The van der Waals surface area contributed by atoms with Gasteiger partial charge in [0, 0.05) is 43.5 Å². The zero-order valence-electron chi connectivity index (χ0n) is 25.5. The van der Waals surface area contributed by atoms with Gasteiger partial charge in [-0.25, -0.2) is 18.6 Å². The standard InChI is InChI=1S/C33H40F2N6O3/c1-33(2,3)44-32(43)40-15-4-6-28(40)21-7-9-24(25(35)18-21)27-20-41-29-10-8-22(19-26(29)37-31(41)38-27)30(42)36-13-5-14-39-16-11-23(34)12-17-39/h7-10,18-20,23,28H,4-6,11-17H2,1-3H3,(H,36,42)(H,37,38). The van der Waals surface area contributed by atoms with E-state index in [1.54, 1.807) is 29.3 Å². The molecule has 4 aromatic rings. The normalized spacial score (nSPS) is 18.4. The van der Waals surface area contributed by atoms with Crippen molar-refractivity contribution < 1.29 is 23.1 Å². The number of H-pyrrole nitrogens is 1. The van der Waals surface area contributed by atoms with Crippen LogP contribution in [0.2, 0.25) is 0 Å². The van der Waals surface area contributed by atoms with Crippen LogP contribution in [-0.4, -0.2) is 80.7 Å². The largest absolute Gasteiger partial charge is 0.444 e. The maximum absolute atomic E-state index is 15.5. The zero-order valence-corrected chi connectivity index (χ0v) is 25.5. The number of nitrogens with one attached hydrogen (secondary N) is 2. The summed E-state index contributed by atoms with van der Waals surface area (Å²) in [6, 6.07) is 10.2. The summed E-state index contributed by atoms with van der Waals surface area (Å²) in [5.74, 6) is -0.0143. The van der Waals surface area contributed by atoms with Gasteiger partial charge in [0.05, 0.1) is 22.8 Å². The first-order chi connectivity index (χ1) is 21.1. The molecule has 6 rings (SSSR count). The van der Waals surface area contributed by atoms with E-state index >= 15 is 4.39 Å². The topological polar surface area (TPSA) is 95.0 Å². The van der Waals surface area contributed by atoms with Crippen LogP contribution in [0.25, 0.3) is 28.1 Å². The van der Waals surface area contributed by atoms with Gasteiger partial charge in [-0.1, -0.05) is 6.07 Å². The molecule has 2 amide bonds. The number of alkyl halides is 1. The molecule has 11 heteroatoms. The Labute approximate surface area is 255 Å². The van der Waals surface area contributed by atoms with Crippen molar-refractivity contribution in [2.45, 2.75) is 70.7 Å². The molecule has 2 aromatic carbocycles. The molecule has 9 nitrogen and oxygen atoms in total. The van der Waals surface area contributed by atoms with Crippen molar-refractivity contribution in [2.75, 3.05) is 32.7 Å². The summed E-state index contributed by atoms with van der Waals surface area (Å²) < 4.78 is 36.2. The number of hydrogen-bond donors (Lipinski definition) is 2. The van der Waals surface area contributed by atoms with E-state index in [-0.39, 0.29) is 18.0 Å². The van der Waals surface area contributed by atoms with Crippen molar-refractivity contribution in [3.63, 3.8) is 0 Å². The first-order valence-electron chi connectivity index (χ1n) is 15.5. The van der Waals surface area contributed by atoms with Crippen molar-refractivity contribution in [1.82, 2.24) is 29.5 Å². The van der Waals surface area contributed by atoms with Gasteiger partial charge in [-0.15, -0.1) is 0 Å². The van der Waals surface area contributed by atoms with E-state index in [2.05, 4.69) is 20.2 Å². The third kappa shape index (κ3) is 6.43. The van der Waals surface area contributed by atoms with Crippen LogP contribution in [0.5, 0.6) is 0 Å². The smallest absolute Gasteiger partial charge is 0.410 e. The van der Waals surface area contributed by atoms with E-state index in [0.717, 1.165) is 50.0 Å². The van der Waals surface area contributed by atoms with Crippen LogP contribution < -0.4 is 5.32 Å². The number of carbonyl (C=O) groups is 2. The molecule has 0 spiro atoms. The van der Waals surface area contributed by atoms with Crippen LogP contribution in [-0.2, 0) is 4.74 Å². The minimum absolute atomic E-state index is 0.165. The molecule has 0 aliphatic carbocycles. The SMILES string of the molecule is CC(C)(C)OC(=O)N1CCCC1c1ccc(-c2cn3c(nc4cc(C(=O)NCCCN5CCC(F)CC5)ccc43)[nH]2)c(F)c1. The highest BCUT2D eigenvalue weighted by Crippen LogP contribution is 2.35. The van der Waals surface area contributed by atoms with Crippen LogP contribution in [0.1, 0.15) is 74.8 Å². The van der Waals surface area contributed by atoms with Gasteiger partial charge in [0.2, 0.25) is 5.78 Å². The molecule has 2 aliphatic rings. The molecule has 1 unspecified atom stereocenters. The van der Waals surface area contributed by atoms with Crippen molar-refractivity contribution in [2.24, 2.45) is 0 Å². The number of fused-ring (bicyclic) bond motifs is 3. The fraction of sp³-hybridized carbons (Fsp3) is 0.485. The number of halogens is 2. The highest BCUT2D eigenvalue weighted by atomic mass is 19.1. The highest BCUT2D eigenvalue weighted by Gasteiger charge is 2.33. The van der Waals surface area contributed by atoms with Crippen LogP contribution >= 0.6 is 0 Å². The van der Waals surface area contributed by atoms with Gasteiger partial charge in [-0.3, -0.25) is 9.20 Å². The number of aromatic amines is 1. The minimum Gasteiger partial charge on any atom is -0.444 e. The molecule has 1 atom stereocenters. The lowest BCUT2D eigenvalue weighted by Gasteiger charge is -2.29. The maximum atomic E-state index is 15.5. The van der Waals surface area contributed by atoms with Crippen LogP contribution in [0.15, 0.2) is 42.6 Å². The maximum Gasteiger partial charge on any atom is 0.410 e. The summed E-state index contributed by atoms with van der Waals surface area (Å²) in [4.78, 5) is 37.3. The van der Waals surface area contributed by atoms with Crippen LogP contribution in [0.3, 0.4) is 0 Å². The molecule has 2 saturated heterocycles. The first kappa shape index (κ1) is 30.1. The fourth-order valence-corrected chi connectivity index (χ4v) is 6.22. The number of likely N-dealkylation sites (tertiary alicyclic amines) is 2. The van der Waals surface area contributed by atoms with E-state index in [1.165, 1.54) is 6.07 Å². The lowest BCUT2D eigenvalue weighted by atomic mass is 10.0. The zero-order chi connectivity index (χ0) is 31.0. The molecular formula is C33H40F2N6O3. The van der Waals surface area contributed by atoms with Gasteiger partial charge in [0.1, 0.15) is 17.6 Å². The van der Waals surface area contributed by atoms with E-state index in [4.69, 9.17) is 4.74 Å². The fourth-order valence-electron chi connectivity index (χ4n) is 6.22. The molecule has 44 heavy (non-hydrogen) atoms. The van der Waals surface area contributed by atoms with Gasteiger partial charge in [-0.05, 0) is 95.3 Å². The second kappa shape index (κ2) is 12.2. The lowest BCUT2D eigenvalue weighted by molar-refractivity contribution is 0.0224. The number of carbonyl (C=O) groups excluding carboxylic acids is 2. The molecule has 2 aromatic heterocycles. The van der Waals surface area contributed by atoms with Crippen molar-refractivity contribution in [3.8, 4) is 11.3 Å². The minimum atomic E-state index is -0.683. The summed E-state index contributed by atoms with van der Waals surface area (Å²) in [6.07, 6.45) is 4.30. The van der Waals surface area contributed by atoms with E-state index in [1.807, 2.05) is 37.3 Å². The monoisotopic (exact) mass is 606 g/mol. The average molecular weight is 607 g/mol. The molecule has 0 bridgehead atoms. The second-order valence-corrected chi connectivity index (χ2v) is 12.9. The van der Waals surface area contributed by atoms with Crippen LogP contribution in [0.4, 0.5) is 13.6 Å². The van der Waals surface area contributed by atoms with Crippen molar-refractivity contribution in [3.05, 3.63) is 59.5 Å². The van der Waals surface area contributed by atoms with Gasteiger partial charge in [0.15, 0.2) is 0 Å². The Morgan fingerprint density at radius 3 is 2.64 bits per heavy atom. The number of imidazole rings is 2. The van der Waals surface area contributed by atoms with E-state index < -0.39 is 17.6 Å². The Kier molecular flexibility index (Phi) is 8.32. The molecule has 0 saturated carbocycles. The van der Waals surface area contributed by atoms with Crippen molar-refractivity contribution >= 4 is 28.8 Å². The third-order valence-electron chi connectivity index (χ3n) is 8.46. The number of hydrogen-bond acceptors (Lipinski definition) is 5. The number of nitrogens with zero attached hydrogens (tertiary/aromatic N) is 4. The Morgan fingerprint density at radius 2 is 1.89 bits per heavy atom. The number of benzene rings is 2. The molecule has 2 fully saturated rings. The molecular weight excluding hydrogens is 566 g/mol. The van der Waals surface area contributed by atoms with Gasteiger partial charge in [0.25, 0.3) is 5.91 Å².